The van der Waals surface area contributed by atoms with Crippen LogP contribution in [0.4, 0.5) is 0 Å². The molecule has 0 saturated heterocycles. The van der Waals surface area contributed by atoms with Crippen molar-refractivity contribution in [3.05, 3.63) is 65.7 Å². The Morgan fingerprint density at radius 2 is 1.65 bits per heavy atom. The fraction of sp³-hybridized carbons (Fsp3) is 0.0667. The third-order valence-electron chi connectivity index (χ3n) is 2.88. The maximum absolute atomic E-state index is 6.44. The van der Waals surface area contributed by atoms with E-state index in [4.69, 9.17) is 16.3 Å². The molecule has 0 unspecified atom stereocenters. The molecule has 0 saturated carbocycles. The fourth-order valence-electron chi connectivity index (χ4n) is 2.01. The van der Waals surface area contributed by atoms with Gasteiger partial charge in [0.05, 0.1) is 5.03 Å². The minimum atomic E-state index is 0.549. The Kier molecular flexibility index (Phi) is 2.62. The van der Waals surface area contributed by atoms with Crippen molar-refractivity contribution in [3.63, 3.8) is 0 Å². The van der Waals surface area contributed by atoms with Gasteiger partial charge in [-0.15, -0.1) is 0 Å². The van der Waals surface area contributed by atoms with Gasteiger partial charge in [0.1, 0.15) is 12.4 Å². The second-order valence-corrected chi connectivity index (χ2v) is 4.32. The van der Waals surface area contributed by atoms with Crippen LogP contribution < -0.4 is 4.74 Å². The van der Waals surface area contributed by atoms with Gasteiger partial charge in [-0.1, -0.05) is 60.1 Å². The van der Waals surface area contributed by atoms with Gasteiger partial charge in [0.15, 0.2) is 0 Å². The lowest BCUT2D eigenvalue weighted by Gasteiger charge is -2.03. The van der Waals surface area contributed by atoms with Crippen LogP contribution in [-0.4, -0.2) is 6.61 Å². The maximum Gasteiger partial charge on any atom is 0.127 e. The van der Waals surface area contributed by atoms with E-state index in [1.807, 2.05) is 54.6 Å². The summed E-state index contributed by atoms with van der Waals surface area (Å²) in [5, 5.41) is 0.774. The van der Waals surface area contributed by atoms with Crippen LogP contribution in [0.15, 0.2) is 54.6 Å². The Hall–Kier alpha value is -1.73. The quantitative estimate of drug-likeness (QED) is 0.729. The van der Waals surface area contributed by atoms with Crippen LogP contribution in [0, 0.1) is 0 Å². The number of hydrogen-bond donors (Lipinski definition) is 0. The molecule has 0 aliphatic carbocycles. The van der Waals surface area contributed by atoms with Gasteiger partial charge in [-0.3, -0.25) is 0 Å². The van der Waals surface area contributed by atoms with Gasteiger partial charge in [0.2, 0.25) is 0 Å². The SMILES string of the molecule is Cl/C(=C1\COc2ccccc21)c1ccccc1. The van der Waals surface area contributed by atoms with E-state index in [1.54, 1.807) is 0 Å². The Labute approximate surface area is 105 Å². The topological polar surface area (TPSA) is 9.23 Å². The summed E-state index contributed by atoms with van der Waals surface area (Å²) >= 11 is 6.44. The summed E-state index contributed by atoms with van der Waals surface area (Å²) in [6.45, 7) is 0.549. The first kappa shape index (κ1) is 10.4. The highest BCUT2D eigenvalue weighted by atomic mass is 35.5. The van der Waals surface area contributed by atoms with E-state index in [2.05, 4.69) is 0 Å². The molecule has 84 valence electrons. The van der Waals surface area contributed by atoms with Gasteiger partial charge in [-0.25, -0.2) is 0 Å². The zero-order chi connectivity index (χ0) is 11.7. The van der Waals surface area contributed by atoms with E-state index in [1.165, 1.54) is 0 Å². The van der Waals surface area contributed by atoms with E-state index in [-0.39, 0.29) is 0 Å². The maximum atomic E-state index is 6.44. The van der Waals surface area contributed by atoms with Crippen molar-refractivity contribution in [3.8, 4) is 5.75 Å². The molecular weight excluding hydrogens is 232 g/mol. The standard InChI is InChI=1S/C15H11ClO/c16-15(11-6-2-1-3-7-11)13-10-17-14-9-5-4-8-12(13)14/h1-9H,10H2/b15-13+. The number of para-hydroxylation sites is 1. The van der Waals surface area contributed by atoms with Crippen LogP contribution in [-0.2, 0) is 0 Å². The molecule has 0 atom stereocenters. The molecule has 0 spiro atoms. The smallest absolute Gasteiger partial charge is 0.127 e. The summed E-state index contributed by atoms with van der Waals surface area (Å²) in [5.41, 5.74) is 3.19. The van der Waals surface area contributed by atoms with Gasteiger partial charge < -0.3 is 4.74 Å². The third-order valence-corrected chi connectivity index (χ3v) is 3.32. The first-order chi connectivity index (χ1) is 8.36. The second kappa shape index (κ2) is 4.27. The first-order valence-electron chi connectivity index (χ1n) is 5.52. The largest absolute Gasteiger partial charge is 0.488 e. The summed E-state index contributed by atoms with van der Waals surface area (Å²) in [4.78, 5) is 0. The molecule has 0 bridgehead atoms. The van der Waals surface area contributed by atoms with Gasteiger partial charge in [0, 0.05) is 11.1 Å². The third kappa shape index (κ3) is 1.83. The molecule has 0 fully saturated rings. The summed E-state index contributed by atoms with van der Waals surface area (Å²) in [5.74, 6) is 0.914. The van der Waals surface area contributed by atoms with Crippen molar-refractivity contribution in [2.45, 2.75) is 0 Å². The molecule has 17 heavy (non-hydrogen) atoms. The van der Waals surface area contributed by atoms with Crippen molar-refractivity contribution >= 4 is 22.2 Å². The Balaban J connectivity index is 2.12. The van der Waals surface area contributed by atoms with Crippen molar-refractivity contribution in [1.29, 1.82) is 0 Å². The average Bonchev–Trinajstić information content (AvgIpc) is 2.83. The van der Waals surface area contributed by atoms with E-state index in [9.17, 15) is 0 Å². The summed E-state index contributed by atoms with van der Waals surface area (Å²) in [6, 6.07) is 18.0. The predicted molar refractivity (Wildman–Crippen MR) is 71.0 cm³/mol. The van der Waals surface area contributed by atoms with Crippen molar-refractivity contribution in [1.82, 2.24) is 0 Å². The first-order valence-corrected chi connectivity index (χ1v) is 5.90. The lowest BCUT2D eigenvalue weighted by atomic mass is 10.0. The highest BCUT2D eigenvalue weighted by Crippen LogP contribution is 2.38. The van der Waals surface area contributed by atoms with Gasteiger partial charge in [-0.05, 0) is 11.6 Å². The molecule has 0 aromatic heterocycles. The van der Waals surface area contributed by atoms with Crippen molar-refractivity contribution in [2.24, 2.45) is 0 Å². The van der Waals surface area contributed by atoms with E-state index >= 15 is 0 Å². The molecule has 2 aromatic carbocycles. The molecule has 0 N–H and O–H groups in total. The molecular formula is C15H11ClO. The number of ether oxygens (including phenoxy) is 1. The number of rotatable bonds is 1. The van der Waals surface area contributed by atoms with Crippen molar-refractivity contribution in [2.75, 3.05) is 6.61 Å². The lowest BCUT2D eigenvalue weighted by molar-refractivity contribution is 0.389. The van der Waals surface area contributed by atoms with Crippen LogP contribution in [0.5, 0.6) is 5.75 Å². The molecule has 0 radical (unpaired) electrons. The second-order valence-electron chi connectivity index (χ2n) is 3.94. The van der Waals surface area contributed by atoms with Gasteiger partial charge >= 0.3 is 0 Å². The van der Waals surface area contributed by atoms with Gasteiger partial charge in [0.25, 0.3) is 0 Å². The molecule has 2 aromatic rings. The van der Waals surface area contributed by atoms with E-state index in [0.717, 1.165) is 27.5 Å². The van der Waals surface area contributed by atoms with Crippen LogP contribution in [0.2, 0.25) is 0 Å². The average molecular weight is 243 g/mol. The normalized spacial score (nSPS) is 16.3. The zero-order valence-corrected chi connectivity index (χ0v) is 9.95. The van der Waals surface area contributed by atoms with E-state index in [0.29, 0.717) is 6.61 Å². The summed E-state index contributed by atoms with van der Waals surface area (Å²) in [6.07, 6.45) is 0. The highest BCUT2D eigenvalue weighted by molar-refractivity contribution is 6.52. The minimum Gasteiger partial charge on any atom is -0.488 e. The highest BCUT2D eigenvalue weighted by Gasteiger charge is 2.20. The predicted octanol–water partition coefficient (Wildman–Crippen LogP) is 4.19. The van der Waals surface area contributed by atoms with Crippen LogP contribution in [0.3, 0.4) is 0 Å². The number of benzene rings is 2. The Morgan fingerprint density at radius 3 is 2.47 bits per heavy atom. The Morgan fingerprint density at radius 1 is 0.941 bits per heavy atom. The Bertz CT molecular complexity index is 572. The fourth-order valence-corrected chi connectivity index (χ4v) is 2.29. The summed E-state index contributed by atoms with van der Waals surface area (Å²) < 4.78 is 5.61. The number of hydrogen-bond acceptors (Lipinski definition) is 1. The van der Waals surface area contributed by atoms with E-state index < -0.39 is 0 Å². The summed E-state index contributed by atoms with van der Waals surface area (Å²) in [7, 11) is 0. The molecule has 1 aliphatic heterocycles. The molecule has 2 heteroatoms. The molecule has 3 rings (SSSR count). The zero-order valence-electron chi connectivity index (χ0n) is 9.19. The van der Waals surface area contributed by atoms with Crippen LogP contribution >= 0.6 is 11.6 Å². The van der Waals surface area contributed by atoms with Crippen LogP contribution in [0.25, 0.3) is 10.6 Å². The van der Waals surface area contributed by atoms with Crippen molar-refractivity contribution < 1.29 is 4.74 Å². The molecule has 1 aliphatic rings. The molecule has 1 nitrogen and oxygen atoms in total. The number of fused-ring (bicyclic) bond motifs is 1. The molecule has 0 amide bonds. The minimum absolute atomic E-state index is 0.549. The number of halogens is 1. The lowest BCUT2D eigenvalue weighted by Crippen LogP contribution is -1.90. The van der Waals surface area contributed by atoms with Gasteiger partial charge in [-0.2, -0.15) is 0 Å². The monoisotopic (exact) mass is 242 g/mol. The molecule has 1 heterocycles. The van der Waals surface area contributed by atoms with Crippen LogP contribution in [0.1, 0.15) is 11.1 Å².